The van der Waals surface area contributed by atoms with Crippen molar-refractivity contribution in [2.24, 2.45) is 4.99 Å². The van der Waals surface area contributed by atoms with Crippen LogP contribution in [0.15, 0.2) is 83.9 Å². The molecule has 0 spiro atoms. The molecule has 0 atom stereocenters. The fraction of sp³-hybridized carbons (Fsp3) is 0.265. The number of aliphatic imine (C=N–C) groups is 1. The van der Waals surface area contributed by atoms with E-state index in [-0.39, 0.29) is 28.9 Å². The average molecular weight is 650 g/mol. The second-order valence-electron chi connectivity index (χ2n) is 11.8. The molecule has 0 aliphatic rings. The zero-order chi connectivity index (χ0) is 33.9. The van der Waals surface area contributed by atoms with Crippen LogP contribution in [0.1, 0.15) is 63.0 Å². The Balaban J connectivity index is 1.62. The molecule has 0 heterocycles. The molecule has 3 rings (SSSR count). The number of esters is 2. The highest BCUT2D eigenvalue weighted by Gasteiger charge is 2.21. The predicted octanol–water partition coefficient (Wildman–Crippen LogP) is 7.54. The van der Waals surface area contributed by atoms with Crippen molar-refractivity contribution in [2.75, 3.05) is 5.32 Å². The molecule has 11 nitrogen and oxygen atoms in total. The maximum atomic E-state index is 12.8. The number of alkyl carbamates (subject to hydrolysis) is 1. The number of anilines is 1. The van der Waals surface area contributed by atoms with E-state index < -0.39 is 35.3 Å². The van der Waals surface area contributed by atoms with Gasteiger partial charge in [-0.3, -0.25) is 5.32 Å². The molecule has 0 aromatic heterocycles. The lowest BCUT2D eigenvalue weighted by Crippen LogP contribution is -2.40. The van der Waals surface area contributed by atoms with Crippen molar-refractivity contribution in [1.29, 1.82) is 0 Å². The van der Waals surface area contributed by atoms with Gasteiger partial charge < -0.3 is 24.3 Å². The Labute approximate surface area is 272 Å². The second kappa shape index (κ2) is 15.7. The van der Waals surface area contributed by atoms with E-state index in [2.05, 4.69) is 15.6 Å². The number of amides is 2. The molecule has 0 radical (unpaired) electrons. The summed E-state index contributed by atoms with van der Waals surface area (Å²) in [5.41, 5.74) is 0.385. The normalized spacial score (nSPS) is 11.8. The zero-order valence-electron chi connectivity index (χ0n) is 26.4. The van der Waals surface area contributed by atoms with E-state index in [9.17, 15) is 19.2 Å². The van der Waals surface area contributed by atoms with Crippen molar-refractivity contribution in [3.8, 4) is 5.75 Å². The van der Waals surface area contributed by atoms with E-state index in [4.69, 9.17) is 30.5 Å². The van der Waals surface area contributed by atoms with Crippen molar-refractivity contribution in [1.82, 2.24) is 5.32 Å². The molecule has 242 valence electrons. The van der Waals surface area contributed by atoms with Gasteiger partial charge in [-0.2, -0.15) is 0 Å². The number of nitrogens with one attached hydrogen (secondary N) is 2. The van der Waals surface area contributed by atoms with Crippen molar-refractivity contribution < 1.29 is 38.1 Å². The topological polar surface area (TPSA) is 142 Å². The molecule has 2 N–H and O–H groups in total. The third-order valence-electron chi connectivity index (χ3n) is 5.40. The van der Waals surface area contributed by atoms with Crippen LogP contribution in [0.2, 0.25) is 5.02 Å². The van der Waals surface area contributed by atoms with Gasteiger partial charge in [0, 0.05) is 17.8 Å². The summed E-state index contributed by atoms with van der Waals surface area (Å²) in [6.07, 6.45) is 0.989. The molecular weight excluding hydrogens is 614 g/mol. The van der Waals surface area contributed by atoms with Gasteiger partial charge in [-0.15, -0.1) is 4.99 Å². The Morgan fingerprint density at radius 2 is 1.50 bits per heavy atom. The molecular formula is C34H36ClN3O8. The van der Waals surface area contributed by atoms with Crippen LogP contribution in [0.3, 0.4) is 0 Å². The van der Waals surface area contributed by atoms with Crippen molar-refractivity contribution >= 4 is 53.4 Å². The Hall–Kier alpha value is -5.16. The van der Waals surface area contributed by atoms with E-state index in [1.54, 1.807) is 47.6 Å². The third-order valence-corrected chi connectivity index (χ3v) is 5.73. The number of hydrogen-bond donors (Lipinski definition) is 2. The van der Waals surface area contributed by atoms with Crippen LogP contribution in [0.25, 0.3) is 6.08 Å². The number of guanidine groups is 1. The fourth-order valence-electron chi connectivity index (χ4n) is 3.50. The molecule has 0 saturated heterocycles. The van der Waals surface area contributed by atoms with Gasteiger partial charge in [-0.1, -0.05) is 41.9 Å². The third kappa shape index (κ3) is 12.8. The van der Waals surface area contributed by atoms with Gasteiger partial charge in [0.25, 0.3) is 0 Å². The minimum absolute atomic E-state index is 0.146. The Kier molecular flexibility index (Phi) is 12.1. The summed E-state index contributed by atoms with van der Waals surface area (Å²) < 4.78 is 21.1. The largest absolute Gasteiger partial charge is 0.458 e. The minimum Gasteiger partial charge on any atom is -0.458 e. The number of halogens is 1. The molecule has 0 saturated carbocycles. The predicted molar refractivity (Wildman–Crippen MR) is 175 cm³/mol. The Bertz CT molecular complexity index is 1610. The summed E-state index contributed by atoms with van der Waals surface area (Å²) in [5.74, 6) is -1.25. The minimum atomic E-state index is -0.936. The maximum Gasteiger partial charge on any atom is 0.437 e. The van der Waals surface area contributed by atoms with Gasteiger partial charge in [-0.25, -0.2) is 19.2 Å². The highest BCUT2D eigenvalue weighted by molar-refractivity contribution is 6.32. The van der Waals surface area contributed by atoms with Crippen molar-refractivity contribution in [3.63, 3.8) is 0 Å². The summed E-state index contributed by atoms with van der Waals surface area (Å²) >= 11 is 6.34. The SMILES string of the molecule is CC(C)(C)OC(=O)/N=C(\NC(=O)OC(C)(C)C)Nc1ccc(C(=O)Oc2ccc(/C=C/C(=O)OCc3ccccc3)c(Cl)c2)cc1. The molecule has 0 unspecified atom stereocenters. The molecule has 3 aromatic carbocycles. The first-order valence-corrected chi connectivity index (χ1v) is 14.5. The maximum absolute atomic E-state index is 12.8. The summed E-state index contributed by atoms with van der Waals surface area (Å²) in [7, 11) is 0. The molecule has 0 bridgehead atoms. The summed E-state index contributed by atoms with van der Waals surface area (Å²) in [4.78, 5) is 53.3. The van der Waals surface area contributed by atoms with E-state index in [1.807, 2.05) is 30.3 Å². The lowest BCUT2D eigenvalue weighted by atomic mass is 10.2. The summed E-state index contributed by atoms with van der Waals surface area (Å²) in [6, 6.07) is 19.9. The van der Waals surface area contributed by atoms with Gasteiger partial charge in [0.05, 0.1) is 10.6 Å². The first-order valence-electron chi connectivity index (χ1n) is 14.2. The number of nitrogens with zero attached hydrogens (tertiary/aromatic N) is 1. The van der Waals surface area contributed by atoms with Gasteiger partial charge in [0.15, 0.2) is 0 Å². The smallest absolute Gasteiger partial charge is 0.437 e. The number of hydrogen-bond acceptors (Lipinski definition) is 8. The first-order chi connectivity index (χ1) is 21.6. The van der Waals surface area contributed by atoms with Crippen LogP contribution in [0.5, 0.6) is 5.75 Å². The van der Waals surface area contributed by atoms with Gasteiger partial charge >= 0.3 is 24.1 Å². The molecule has 2 amide bonds. The van der Waals surface area contributed by atoms with Crippen LogP contribution in [-0.2, 0) is 25.6 Å². The fourth-order valence-corrected chi connectivity index (χ4v) is 3.73. The van der Waals surface area contributed by atoms with Crippen molar-refractivity contribution in [2.45, 2.75) is 59.4 Å². The molecule has 46 heavy (non-hydrogen) atoms. The van der Waals surface area contributed by atoms with Crippen molar-refractivity contribution in [3.05, 3.63) is 101 Å². The number of benzene rings is 3. The van der Waals surface area contributed by atoms with Gasteiger partial charge in [0.2, 0.25) is 5.96 Å². The molecule has 3 aromatic rings. The standard InChI is InChI=1S/C34H36ClN3O8/c1-33(2,3)45-31(41)37-30(38-32(42)46-34(4,5)6)36-25-16-12-24(13-17-25)29(40)44-26-18-14-23(27(35)20-26)15-19-28(39)43-21-22-10-8-7-9-11-22/h7-20H,21H2,1-6H3,(H2,36,37,38,41,42)/b19-15+. The number of rotatable bonds is 7. The summed E-state index contributed by atoms with van der Waals surface area (Å²) in [6.45, 7) is 10.3. The highest BCUT2D eigenvalue weighted by Crippen LogP contribution is 2.25. The van der Waals surface area contributed by atoms with Gasteiger partial charge in [-0.05, 0) is 95.1 Å². The number of carbonyl (C=O) groups excluding carboxylic acids is 4. The lowest BCUT2D eigenvalue weighted by Gasteiger charge is -2.21. The molecule has 12 heteroatoms. The van der Waals surface area contributed by atoms with Crippen LogP contribution in [0.4, 0.5) is 15.3 Å². The first kappa shape index (κ1) is 35.3. The van der Waals surface area contributed by atoms with E-state index >= 15 is 0 Å². The van der Waals surface area contributed by atoms with Crippen LogP contribution in [0, 0.1) is 0 Å². The van der Waals surface area contributed by atoms with E-state index in [0.29, 0.717) is 11.3 Å². The van der Waals surface area contributed by atoms with Gasteiger partial charge in [0.1, 0.15) is 23.6 Å². The number of carbonyl (C=O) groups is 4. The quantitative estimate of drug-likeness (QED) is 0.0663. The van der Waals surface area contributed by atoms with Crippen LogP contribution in [-0.4, -0.2) is 41.3 Å². The number of ether oxygens (including phenoxy) is 4. The molecule has 0 aliphatic carbocycles. The monoisotopic (exact) mass is 649 g/mol. The Morgan fingerprint density at radius 3 is 2.11 bits per heavy atom. The molecule has 0 fully saturated rings. The molecule has 0 aliphatic heterocycles. The lowest BCUT2D eigenvalue weighted by molar-refractivity contribution is -0.138. The zero-order valence-corrected chi connectivity index (χ0v) is 27.1. The average Bonchev–Trinajstić information content (AvgIpc) is 2.94. The van der Waals surface area contributed by atoms with E-state index in [0.717, 1.165) is 5.56 Å². The summed E-state index contributed by atoms with van der Waals surface area (Å²) in [5, 5.41) is 5.45. The second-order valence-corrected chi connectivity index (χ2v) is 12.2. The van der Waals surface area contributed by atoms with E-state index in [1.165, 1.54) is 48.6 Å². The van der Waals surface area contributed by atoms with Crippen LogP contribution < -0.4 is 15.4 Å². The Morgan fingerprint density at radius 1 is 0.848 bits per heavy atom. The van der Waals surface area contributed by atoms with Crippen LogP contribution >= 0.6 is 11.6 Å². The highest BCUT2D eigenvalue weighted by atomic mass is 35.5.